The van der Waals surface area contributed by atoms with E-state index in [9.17, 15) is 0 Å². The highest BCUT2D eigenvalue weighted by molar-refractivity contribution is 5.57. The SMILES string of the molecule is COc1ccc(N(C/C=C/c2ccccc2)C(C)Cc2cc(N(C/C=C(\C)CCC=C(C)C)C(C)C)ccc2OC)cc1. The van der Waals surface area contributed by atoms with Gasteiger partial charge in [-0.2, -0.15) is 0 Å². The second-order valence-electron chi connectivity index (χ2n) is 11.8. The summed E-state index contributed by atoms with van der Waals surface area (Å²) in [5.74, 6) is 1.79. The van der Waals surface area contributed by atoms with Crippen LogP contribution in [0.1, 0.15) is 65.5 Å². The number of benzene rings is 3. The van der Waals surface area contributed by atoms with Crippen molar-refractivity contribution in [1.82, 2.24) is 0 Å². The van der Waals surface area contributed by atoms with Crippen LogP contribution in [0.2, 0.25) is 0 Å². The van der Waals surface area contributed by atoms with Crippen molar-refractivity contribution in [3.63, 3.8) is 0 Å². The molecule has 0 spiro atoms. The highest BCUT2D eigenvalue weighted by Crippen LogP contribution is 2.30. The zero-order chi connectivity index (χ0) is 31.2. The Hall–Kier alpha value is -3.92. The topological polar surface area (TPSA) is 24.9 Å². The van der Waals surface area contributed by atoms with Crippen LogP contribution >= 0.6 is 0 Å². The summed E-state index contributed by atoms with van der Waals surface area (Å²) in [5.41, 5.74) is 7.63. The van der Waals surface area contributed by atoms with Crippen LogP contribution in [0, 0.1) is 0 Å². The molecule has 0 bridgehead atoms. The number of nitrogens with zero attached hydrogens (tertiary/aromatic N) is 2. The summed E-state index contributed by atoms with van der Waals surface area (Å²) in [6.07, 6.45) is 12.2. The molecule has 0 fully saturated rings. The van der Waals surface area contributed by atoms with Gasteiger partial charge in [-0.25, -0.2) is 0 Å². The Balaban J connectivity index is 1.85. The standard InChI is InChI=1S/C39H52N2O2/c1-30(2)14-12-15-32(5)25-27-40(31(3)4)37-21-24-39(43-8)35(29-37)28-33(6)41(36-19-22-38(42-7)23-20-36)26-13-18-34-16-10-9-11-17-34/h9-11,13-14,16-25,29,31,33H,12,15,26-28H2,1-8H3/b18-13+,32-25+. The fourth-order valence-electron chi connectivity index (χ4n) is 5.27. The lowest BCUT2D eigenvalue weighted by molar-refractivity contribution is 0.408. The first kappa shape index (κ1) is 33.6. The van der Waals surface area contributed by atoms with E-state index in [1.165, 1.54) is 33.6 Å². The summed E-state index contributed by atoms with van der Waals surface area (Å²) in [6, 6.07) is 26.1. The lowest BCUT2D eigenvalue weighted by Crippen LogP contribution is -2.35. The van der Waals surface area contributed by atoms with Gasteiger partial charge >= 0.3 is 0 Å². The van der Waals surface area contributed by atoms with Gasteiger partial charge in [-0.3, -0.25) is 0 Å². The number of methoxy groups -OCH3 is 2. The van der Waals surface area contributed by atoms with Crippen molar-refractivity contribution in [2.45, 2.75) is 72.9 Å². The molecule has 0 aliphatic rings. The molecule has 3 rings (SSSR count). The van der Waals surface area contributed by atoms with E-state index >= 15 is 0 Å². The molecule has 0 aliphatic heterocycles. The largest absolute Gasteiger partial charge is 0.497 e. The molecular weight excluding hydrogens is 528 g/mol. The van der Waals surface area contributed by atoms with Crippen molar-refractivity contribution in [3.8, 4) is 11.5 Å². The van der Waals surface area contributed by atoms with Gasteiger partial charge in [-0.1, -0.05) is 65.8 Å². The normalized spacial score (nSPS) is 12.3. The minimum absolute atomic E-state index is 0.225. The van der Waals surface area contributed by atoms with Gasteiger partial charge in [0.05, 0.1) is 14.2 Å². The molecule has 1 unspecified atom stereocenters. The van der Waals surface area contributed by atoms with Crippen molar-refractivity contribution in [1.29, 1.82) is 0 Å². The molecule has 0 heterocycles. The summed E-state index contributed by atoms with van der Waals surface area (Å²) in [7, 11) is 3.48. The van der Waals surface area contributed by atoms with E-state index in [4.69, 9.17) is 9.47 Å². The highest BCUT2D eigenvalue weighted by Gasteiger charge is 2.19. The average molecular weight is 581 g/mol. The Labute approximate surface area is 261 Å². The minimum Gasteiger partial charge on any atom is -0.497 e. The van der Waals surface area contributed by atoms with Crippen LogP contribution in [0.25, 0.3) is 6.08 Å². The Morgan fingerprint density at radius 3 is 2.09 bits per heavy atom. The number of rotatable bonds is 16. The Morgan fingerprint density at radius 2 is 1.47 bits per heavy atom. The van der Waals surface area contributed by atoms with Gasteiger partial charge in [0.15, 0.2) is 0 Å². The van der Waals surface area contributed by atoms with Crippen LogP contribution in [0.15, 0.2) is 102 Å². The molecule has 0 aliphatic carbocycles. The molecule has 0 saturated carbocycles. The van der Waals surface area contributed by atoms with Gasteiger partial charge in [-0.15, -0.1) is 0 Å². The van der Waals surface area contributed by atoms with E-state index in [0.717, 1.165) is 43.9 Å². The number of anilines is 2. The van der Waals surface area contributed by atoms with Crippen molar-refractivity contribution in [3.05, 3.63) is 113 Å². The molecular formula is C39H52N2O2. The van der Waals surface area contributed by atoms with Gasteiger partial charge in [0.1, 0.15) is 11.5 Å². The van der Waals surface area contributed by atoms with Crippen LogP contribution in [-0.2, 0) is 6.42 Å². The van der Waals surface area contributed by atoms with Crippen molar-refractivity contribution >= 4 is 17.5 Å². The summed E-state index contributed by atoms with van der Waals surface area (Å²) >= 11 is 0. The third kappa shape index (κ3) is 10.7. The molecule has 0 radical (unpaired) electrons. The number of allylic oxidation sites excluding steroid dienone is 3. The van der Waals surface area contributed by atoms with Gasteiger partial charge in [0.25, 0.3) is 0 Å². The Bertz CT molecular complexity index is 1340. The van der Waals surface area contributed by atoms with Crippen LogP contribution in [0.5, 0.6) is 11.5 Å². The Morgan fingerprint density at radius 1 is 0.767 bits per heavy atom. The first-order chi connectivity index (χ1) is 20.7. The molecule has 230 valence electrons. The minimum atomic E-state index is 0.225. The first-order valence-electron chi connectivity index (χ1n) is 15.6. The first-order valence-corrected chi connectivity index (χ1v) is 15.6. The second kappa shape index (κ2) is 17.3. The van der Waals surface area contributed by atoms with Crippen LogP contribution in [0.3, 0.4) is 0 Å². The second-order valence-corrected chi connectivity index (χ2v) is 11.8. The maximum absolute atomic E-state index is 5.87. The third-order valence-electron chi connectivity index (χ3n) is 7.81. The molecule has 43 heavy (non-hydrogen) atoms. The van der Waals surface area contributed by atoms with Crippen LogP contribution in [-0.4, -0.2) is 39.4 Å². The zero-order valence-corrected chi connectivity index (χ0v) is 27.6. The van der Waals surface area contributed by atoms with E-state index in [2.05, 4.69) is 136 Å². The highest BCUT2D eigenvalue weighted by atomic mass is 16.5. The molecule has 0 aromatic heterocycles. The molecule has 1 atom stereocenters. The smallest absolute Gasteiger partial charge is 0.122 e. The number of hydrogen-bond acceptors (Lipinski definition) is 4. The van der Waals surface area contributed by atoms with Gasteiger partial charge < -0.3 is 19.3 Å². The quantitative estimate of drug-likeness (QED) is 0.157. The van der Waals surface area contributed by atoms with Crippen LogP contribution < -0.4 is 19.3 Å². The lowest BCUT2D eigenvalue weighted by Gasteiger charge is -2.32. The summed E-state index contributed by atoms with van der Waals surface area (Å²) in [5, 5.41) is 0. The summed E-state index contributed by atoms with van der Waals surface area (Å²) in [4.78, 5) is 4.92. The average Bonchev–Trinajstić information content (AvgIpc) is 3.00. The molecule has 0 saturated heterocycles. The fourth-order valence-corrected chi connectivity index (χ4v) is 5.27. The summed E-state index contributed by atoms with van der Waals surface area (Å²) in [6.45, 7) is 15.1. The van der Waals surface area contributed by atoms with Crippen molar-refractivity contribution in [2.24, 2.45) is 0 Å². The van der Waals surface area contributed by atoms with Gasteiger partial charge in [0.2, 0.25) is 0 Å². The maximum Gasteiger partial charge on any atom is 0.122 e. The monoisotopic (exact) mass is 580 g/mol. The van der Waals surface area contributed by atoms with E-state index in [1.807, 2.05) is 12.1 Å². The molecule has 3 aromatic carbocycles. The van der Waals surface area contributed by atoms with E-state index in [-0.39, 0.29) is 6.04 Å². The molecule has 4 nitrogen and oxygen atoms in total. The van der Waals surface area contributed by atoms with Gasteiger partial charge in [-0.05, 0) is 114 Å². The molecule has 3 aromatic rings. The number of hydrogen-bond donors (Lipinski definition) is 0. The lowest BCUT2D eigenvalue weighted by atomic mass is 10.0. The van der Waals surface area contributed by atoms with E-state index < -0.39 is 0 Å². The third-order valence-corrected chi connectivity index (χ3v) is 7.81. The molecule has 4 heteroatoms. The zero-order valence-electron chi connectivity index (χ0n) is 27.6. The number of ether oxygens (including phenoxy) is 2. The van der Waals surface area contributed by atoms with E-state index in [1.54, 1.807) is 14.2 Å². The van der Waals surface area contributed by atoms with Gasteiger partial charge in [0, 0.05) is 36.5 Å². The fraction of sp³-hybridized carbons (Fsp3) is 0.385. The summed E-state index contributed by atoms with van der Waals surface area (Å²) < 4.78 is 11.3. The van der Waals surface area contributed by atoms with E-state index in [0.29, 0.717) is 6.04 Å². The van der Waals surface area contributed by atoms with Crippen LogP contribution in [0.4, 0.5) is 11.4 Å². The Kier molecular flexibility index (Phi) is 13.5. The molecule has 0 N–H and O–H groups in total. The molecule has 0 amide bonds. The maximum atomic E-state index is 5.87. The predicted octanol–water partition coefficient (Wildman–Crippen LogP) is 9.76. The van der Waals surface area contributed by atoms with Crippen molar-refractivity contribution < 1.29 is 9.47 Å². The van der Waals surface area contributed by atoms with Crippen molar-refractivity contribution in [2.75, 3.05) is 37.1 Å². The predicted molar refractivity (Wildman–Crippen MR) is 187 cm³/mol.